The van der Waals surface area contributed by atoms with E-state index in [4.69, 9.17) is 0 Å². The van der Waals surface area contributed by atoms with Crippen LogP contribution in [0.5, 0.6) is 0 Å². The molecule has 0 aliphatic heterocycles. The Hall–Kier alpha value is -1.90. The van der Waals surface area contributed by atoms with Gasteiger partial charge in [-0.05, 0) is 36.1 Å². The predicted molar refractivity (Wildman–Crippen MR) is 85.3 cm³/mol. The zero-order valence-corrected chi connectivity index (χ0v) is 13.4. The number of nitro benzene ring substituents is 1. The summed E-state index contributed by atoms with van der Waals surface area (Å²) in [6.45, 7) is 0.161. The molecular weight excluding hydrogens is 324 g/mol. The summed E-state index contributed by atoms with van der Waals surface area (Å²) in [7, 11) is -3.69. The summed E-state index contributed by atoms with van der Waals surface area (Å²) in [6, 6.07) is 12.3. The van der Waals surface area contributed by atoms with Gasteiger partial charge in [-0.3, -0.25) is 10.1 Å². The van der Waals surface area contributed by atoms with E-state index in [2.05, 4.69) is 4.72 Å². The molecular formula is C14H14N2O4S2. The molecule has 0 saturated carbocycles. The number of nitro groups is 1. The maximum absolute atomic E-state index is 12.1. The highest BCUT2D eigenvalue weighted by molar-refractivity contribution is 7.98. The van der Waals surface area contributed by atoms with Crippen LogP contribution in [0.15, 0.2) is 58.3 Å². The minimum absolute atomic E-state index is 0.00108. The van der Waals surface area contributed by atoms with Crippen molar-refractivity contribution in [3.05, 3.63) is 64.2 Å². The molecule has 2 aromatic carbocycles. The van der Waals surface area contributed by atoms with E-state index in [0.29, 0.717) is 0 Å². The molecule has 8 heteroatoms. The van der Waals surface area contributed by atoms with Gasteiger partial charge in [0.1, 0.15) is 0 Å². The van der Waals surface area contributed by atoms with Crippen molar-refractivity contribution in [2.45, 2.75) is 16.3 Å². The Labute approximate surface area is 132 Å². The zero-order valence-electron chi connectivity index (χ0n) is 11.7. The molecule has 22 heavy (non-hydrogen) atoms. The molecule has 0 saturated heterocycles. The topological polar surface area (TPSA) is 89.3 Å². The molecule has 0 fully saturated rings. The van der Waals surface area contributed by atoms with E-state index >= 15 is 0 Å². The molecule has 0 amide bonds. The van der Waals surface area contributed by atoms with Gasteiger partial charge >= 0.3 is 0 Å². The van der Waals surface area contributed by atoms with Crippen LogP contribution in [-0.2, 0) is 16.6 Å². The molecule has 0 aromatic heterocycles. The van der Waals surface area contributed by atoms with Gasteiger partial charge in [0.25, 0.3) is 5.69 Å². The highest BCUT2D eigenvalue weighted by Gasteiger charge is 2.15. The highest BCUT2D eigenvalue weighted by atomic mass is 32.2. The summed E-state index contributed by atoms with van der Waals surface area (Å²) in [6.07, 6.45) is 1.96. The molecule has 2 rings (SSSR count). The fraction of sp³-hybridized carbons (Fsp3) is 0.143. The van der Waals surface area contributed by atoms with E-state index in [1.165, 1.54) is 24.3 Å². The molecule has 0 bridgehead atoms. The zero-order chi connectivity index (χ0) is 16.2. The van der Waals surface area contributed by atoms with Gasteiger partial charge in [-0.2, -0.15) is 0 Å². The lowest BCUT2D eigenvalue weighted by molar-refractivity contribution is -0.384. The van der Waals surface area contributed by atoms with Gasteiger partial charge in [-0.1, -0.05) is 12.1 Å². The van der Waals surface area contributed by atoms with Crippen LogP contribution < -0.4 is 4.72 Å². The van der Waals surface area contributed by atoms with Crippen LogP contribution in [-0.4, -0.2) is 19.6 Å². The minimum Gasteiger partial charge on any atom is -0.258 e. The van der Waals surface area contributed by atoms with Gasteiger partial charge in [0, 0.05) is 23.6 Å². The Morgan fingerprint density at radius 1 is 1.09 bits per heavy atom. The second-order valence-electron chi connectivity index (χ2n) is 4.42. The van der Waals surface area contributed by atoms with E-state index in [1.807, 2.05) is 30.5 Å². The third-order valence-corrected chi connectivity index (χ3v) is 5.14. The number of nitrogens with one attached hydrogen (secondary N) is 1. The maximum Gasteiger partial charge on any atom is 0.269 e. The van der Waals surface area contributed by atoms with Gasteiger partial charge in [0.15, 0.2) is 0 Å². The van der Waals surface area contributed by atoms with Crippen molar-refractivity contribution in [1.82, 2.24) is 4.72 Å². The lowest BCUT2D eigenvalue weighted by Crippen LogP contribution is -2.23. The molecule has 6 nitrogen and oxygen atoms in total. The third-order valence-electron chi connectivity index (χ3n) is 2.98. The number of thioether (sulfide) groups is 1. The molecule has 0 aliphatic carbocycles. The number of hydrogen-bond donors (Lipinski definition) is 1. The van der Waals surface area contributed by atoms with Crippen LogP contribution in [0.4, 0.5) is 5.69 Å². The number of non-ortho nitro benzene ring substituents is 1. The van der Waals surface area contributed by atoms with Crippen LogP contribution in [0.3, 0.4) is 0 Å². The van der Waals surface area contributed by atoms with Crippen molar-refractivity contribution in [2.24, 2.45) is 0 Å². The molecule has 0 unspecified atom stereocenters. The summed E-state index contributed by atoms with van der Waals surface area (Å²) in [4.78, 5) is 11.1. The van der Waals surface area contributed by atoms with Crippen molar-refractivity contribution in [3.63, 3.8) is 0 Å². The lowest BCUT2D eigenvalue weighted by Gasteiger charge is -2.07. The molecule has 0 radical (unpaired) electrons. The SMILES string of the molecule is CSc1ccc(CNS(=O)(=O)c2ccc([N+](=O)[O-])cc2)cc1. The molecule has 116 valence electrons. The second-order valence-corrected chi connectivity index (χ2v) is 7.07. The third kappa shape index (κ3) is 4.06. The number of rotatable bonds is 6. The van der Waals surface area contributed by atoms with Crippen molar-refractivity contribution in [2.75, 3.05) is 6.26 Å². The quantitative estimate of drug-likeness (QED) is 0.497. The van der Waals surface area contributed by atoms with Crippen LogP contribution in [0.2, 0.25) is 0 Å². The maximum atomic E-state index is 12.1. The second kappa shape index (κ2) is 6.91. The first-order chi connectivity index (χ1) is 10.4. The fourth-order valence-corrected chi connectivity index (χ4v) is 3.18. The minimum atomic E-state index is -3.69. The van der Waals surface area contributed by atoms with E-state index < -0.39 is 14.9 Å². The van der Waals surface area contributed by atoms with Gasteiger partial charge in [0.05, 0.1) is 9.82 Å². The Morgan fingerprint density at radius 2 is 1.68 bits per heavy atom. The number of nitrogens with zero attached hydrogens (tertiary/aromatic N) is 1. The molecule has 0 heterocycles. The predicted octanol–water partition coefficient (Wildman–Crippen LogP) is 2.80. The van der Waals surface area contributed by atoms with E-state index in [-0.39, 0.29) is 17.1 Å². The summed E-state index contributed by atoms with van der Waals surface area (Å²) in [5.41, 5.74) is 0.690. The molecule has 0 spiro atoms. The van der Waals surface area contributed by atoms with Crippen LogP contribution in [0.25, 0.3) is 0 Å². The van der Waals surface area contributed by atoms with Crippen LogP contribution in [0, 0.1) is 10.1 Å². The van der Waals surface area contributed by atoms with Crippen molar-refractivity contribution < 1.29 is 13.3 Å². The van der Waals surface area contributed by atoms with E-state index in [0.717, 1.165) is 10.5 Å². The first-order valence-electron chi connectivity index (χ1n) is 6.29. The number of benzene rings is 2. The Morgan fingerprint density at radius 3 is 2.18 bits per heavy atom. The summed E-state index contributed by atoms with van der Waals surface area (Å²) in [5, 5.41) is 10.6. The van der Waals surface area contributed by atoms with Gasteiger partial charge in [0.2, 0.25) is 10.0 Å². The average Bonchev–Trinajstić information content (AvgIpc) is 2.53. The Balaban J connectivity index is 2.08. The number of hydrogen-bond acceptors (Lipinski definition) is 5. The van der Waals surface area contributed by atoms with E-state index in [9.17, 15) is 18.5 Å². The van der Waals surface area contributed by atoms with Gasteiger partial charge < -0.3 is 0 Å². The fourth-order valence-electron chi connectivity index (χ4n) is 1.75. The van der Waals surface area contributed by atoms with E-state index in [1.54, 1.807) is 11.8 Å². The molecule has 0 aliphatic rings. The van der Waals surface area contributed by atoms with Crippen LogP contribution in [0.1, 0.15) is 5.56 Å². The first-order valence-corrected chi connectivity index (χ1v) is 9.00. The van der Waals surface area contributed by atoms with Gasteiger partial charge in [-0.15, -0.1) is 11.8 Å². The lowest BCUT2D eigenvalue weighted by atomic mass is 10.2. The summed E-state index contributed by atoms with van der Waals surface area (Å²) < 4.78 is 26.7. The smallest absolute Gasteiger partial charge is 0.258 e. The first kappa shape index (κ1) is 16.5. The summed E-state index contributed by atoms with van der Waals surface area (Å²) >= 11 is 1.61. The van der Waals surface area contributed by atoms with Crippen LogP contribution >= 0.6 is 11.8 Å². The monoisotopic (exact) mass is 338 g/mol. The average molecular weight is 338 g/mol. The Kier molecular flexibility index (Phi) is 5.17. The molecule has 1 N–H and O–H groups in total. The van der Waals surface area contributed by atoms with Crippen molar-refractivity contribution >= 4 is 27.5 Å². The molecule has 0 atom stereocenters. The molecule has 2 aromatic rings. The largest absolute Gasteiger partial charge is 0.269 e. The standard InChI is InChI=1S/C14H14N2O4S2/c1-21-13-6-2-11(3-7-13)10-15-22(19,20)14-8-4-12(5-9-14)16(17)18/h2-9,15H,10H2,1H3. The van der Waals surface area contributed by atoms with Crippen molar-refractivity contribution in [3.8, 4) is 0 Å². The van der Waals surface area contributed by atoms with Crippen molar-refractivity contribution in [1.29, 1.82) is 0 Å². The Bertz CT molecular complexity index is 756. The number of sulfonamides is 1. The summed E-state index contributed by atoms with van der Waals surface area (Å²) in [5.74, 6) is 0. The highest BCUT2D eigenvalue weighted by Crippen LogP contribution is 2.17. The van der Waals surface area contributed by atoms with Gasteiger partial charge in [-0.25, -0.2) is 13.1 Å². The normalized spacial score (nSPS) is 11.3.